The highest BCUT2D eigenvalue weighted by Crippen LogP contribution is 2.20. The van der Waals surface area contributed by atoms with E-state index in [2.05, 4.69) is 0 Å². The van der Waals surface area contributed by atoms with Gasteiger partial charge in [-0.25, -0.2) is 0 Å². The molecule has 0 aliphatic rings. The van der Waals surface area contributed by atoms with Crippen LogP contribution in [0.2, 0.25) is 0 Å². The van der Waals surface area contributed by atoms with Crippen LogP contribution in [0.15, 0.2) is 18.2 Å². The van der Waals surface area contributed by atoms with E-state index in [1.807, 2.05) is 19.1 Å². The maximum Gasteiger partial charge on any atom is 0.118 e. The normalized spacial score (nSPS) is 12.8. The molecule has 13 heavy (non-hydrogen) atoms. The Labute approximate surface area is 78.1 Å². The first-order chi connectivity index (χ1) is 6.15. The average Bonchev–Trinajstić information content (AvgIpc) is 2.10. The third kappa shape index (κ3) is 2.44. The van der Waals surface area contributed by atoms with Gasteiger partial charge in [-0.15, -0.1) is 0 Å². The average molecular weight is 181 g/mol. The SMILES string of the molecule is COC[C@@H](N)c1ccc(C)c(O)c1. The number of phenols is 1. The first kappa shape index (κ1) is 10.0. The molecule has 0 spiro atoms. The van der Waals surface area contributed by atoms with Gasteiger partial charge in [-0.05, 0) is 24.1 Å². The smallest absolute Gasteiger partial charge is 0.118 e. The lowest BCUT2D eigenvalue weighted by atomic mass is 10.1. The number of ether oxygens (including phenoxy) is 1. The predicted molar refractivity (Wildman–Crippen MR) is 51.6 cm³/mol. The minimum atomic E-state index is -0.170. The molecular formula is C10H15NO2. The van der Waals surface area contributed by atoms with Gasteiger partial charge in [0.15, 0.2) is 0 Å². The fourth-order valence-electron chi connectivity index (χ4n) is 1.13. The zero-order valence-electron chi connectivity index (χ0n) is 7.95. The van der Waals surface area contributed by atoms with Crippen molar-refractivity contribution < 1.29 is 9.84 Å². The highest BCUT2D eigenvalue weighted by molar-refractivity contribution is 5.36. The Balaban J connectivity index is 2.84. The molecule has 1 aromatic rings. The molecule has 0 radical (unpaired) electrons. The van der Waals surface area contributed by atoms with Crippen LogP contribution in [-0.2, 0) is 4.74 Å². The number of aryl methyl sites for hydroxylation is 1. The van der Waals surface area contributed by atoms with Crippen molar-refractivity contribution in [2.45, 2.75) is 13.0 Å². The van der Waals surface area contributed by atoms with Gasteiger partial charge in [0.2, 0.25) is 0 Å². The minimum absolute atomic E-state index is 0.170. The summed E-state index contributed by atoms with van der Waals surface area (Å²) in [6, 6.07) is 5.26. The summed E-state index contributed by atoms with van der Waals surface area (Å²) in [7, 11) is 1.61. The van der Waals surface area contributed by atoms with Gasteiger partial charge in [-0.1, -0.05) is 12.1 Å². The van der Waals surface area contributed by atoms with E-state index in [0.29, 0.717) is 6.61 Å². The monoisotopic (exact) mass is 181 g/mol. The molecule has 0 saturated carbocycles. The van der Waals surface area contributed by atoms with Crippen LogP contribution in [0.4, 0.5) is 0 Å². The van der Waals surface area contributed by atoms with Crippen molar-refractivity contribution in [3.63, 3.8) is 0 Å². The van der Waals surface area contributed by atoms with Gasteiger partial charge >= 0.3 is 0 Å². The molecule has 0 unspecified atom stereocenters. The van der Waals surface area contributed by atoms with Crippen LogP contribution < -0.4 is 5.73 Å². The summed E-state index contributed by atoms with van der Waals surface area (Å²) in [5, 5.41) is 9.42. The number of aromatic hydroxyl groups is 1. The first-order valence-electron chi connectivity index (χ1n) is 4.19. The van der Waals surface area contributed by atoms with E-state index in [1.165, 1.54) is 0 Å². The van der Waals surface area contributed by atoms with Gasteiger partial charge in [0.05, 0.1) is 12.6 Å². The van der Waals surface area contributed by atoms with Crippen molar-refractivity contribution in [3.05, 3.63) is 29.3 Å². The third-order valence-corrected chi connectivity index (χ3v) is 2.01. The molecule has 3 nitrogen and oxygen atoms in total. The van der Waals surface area contributed by atoms with Gasteiger partial charge in [-0.2, -0.15) is 0 Å². The van der Waals surface area contributed by atoms with E-state index in [4.69, 9.17) is 10.5 Å². The molecule has 0 bridgehead atoms. The number of nitrogens with two attached hydrogens (primary N) is 1. The Morgan fingerprint density at radius 1 is 1.54 bits per heavy atom. The summed E-state index contributed by atoms with van der Waals surface area (Å²) >= 11 is 0. The van der Waals surface area contributed by atoms with Gasteiger partial charge in [0.25, 0.3) is 0 Å². The van der Waals surface area contributed by atoms with Gasteiger partial charge < -0.3 is 15.6 Å². The van der Waals surface area contributed by atoms with Crippen LogP contribution in [0.1, 0.15) is 17.2 Å². The Morgan fingerprint density at radius 3 is 2.77 bits per heavy atom. The van der Waals surface area contributed by atoms with E-state index >= 15 is 0 Å². The van der Waals surface area contributed by atoms with Crippen LogP contribution >= 0.6 is 0 Å². The Hall–Kier alpha value is -1.06. The number of phenolic OH excluding ortho intramolecular Hbond substituents is 1. The molecule has 3 N–H and O–H groups in total. The van der Waals surface area contributed by atoms with Crippen LogP contribution in [0.25, 0.3) is 0 Å². The lowest BCUT2D eigenvalue weighted by Crippen LogP contribution is -2.15. The molecule has 0 heterocycles. The molecule has 1 rings (SSSR count). The number of rotatable bonds is 3. The van der Waals surface area contributed by atoms with E-state index in [-0.39, 0.29) is 11.8 Å². The maximum absolute atomic E-state index is 9.42. The van der Waals surface area contributed by atoms with Gasteiger partial charge in [0, 0.05) is 7.11 Å². The maximum atomic E-state index is 9.42. The largest absolute Gasteiger partial charge is 0.508 e. The van der Waals surface area contributed by atoms with Gasteiger partial charge in [0.1, 0.15) is 5.75 Å². The number of methoxy groups -OCH3 is 1. The third-order valence-electron chi connectivity index (χ3n) is 2.01. The standard InChI is InChI=1S/C10H15NO2/c1-7-3-4-8(5-10(7)12)9(11)6-13-2/h3-5,9,12H,6,11H2,1-2H3/t9-/m1/s1. The summed E-state index contributed by atoms with van der Waals surface area (Å²) in [5.41, 5.74) is 7.54. The Kier molecular flexibility index (Phi) is 3.28. The molecule has 1 aromatic carbocycles. The number of hydrogen-bond acceptors (Lipinski definition) is 3. The van der Waals surface area contributed by atoms with E-state index in [1.54, 1.807) is 13.2 Å². The van der Waals surface area contributed by atoms with Crippen molar-refractivity contribution in [1.29, 1.82) is 0 Å². The molecule has 1 atom stereocenters. The molecule has 72 valence electrons. The highest BCUT2D eigenvalue weighted by Gasteiger charge is 2.06. The summed E-state index contributed by atoms with van der Waals surface area (Å²) in [6.07, 6.45) is 0. The van der Waals surface area contributed by atoms with Crippen molar-refractivity contribution in [1.82, 2.24) is 0 Å². The van der Waals surface area contributed by atoms with E-state index in [0.717, 1.165) is 11.1 Å². The summed E-state index contributed by atoms with van der Waals surface area (Å²) in [6.45, 7) is 2.31. The van der Waals surface area contributed by atoms with Gasteiger partial charge in [-0.3, -0.25) is 0 Å². The highest BCUT2D eigenvalue weighted by atomic mass is 16.5. The van der Waals surface area contributed by atoms with Crippen molar-refractivity contribution in [2.24, 2.45) is 5.73 Å². The Morgan fingerprint density at radius 2 is 2.23 bits per heavy atom. The number of benzene rings is 1. The fourth-order valence-corrected chi connectivity index (χ4v) is 1.13. The molecular weight excluding hydrogens is 166 g/mol. The van der Waals surface area contributed by atoms with Crippen LogP contribution in [0.5, 0.6) is 5.75 Å². The van der Waals surface area contributed by atoms with E-state index in [9.17, 15) is 5.11 Å². The number of hydrogen-bond donors (Lipinski definition) is 2. The van der Waals surface area contributed by atoms with E-state index < -0.39 is 0 Å². The van der Waals surface area contributed by atoms with Crippen LogP contribution in [-0.4, -0.2) is 18.8 Å². The molecule has 0 saturated heterocycles. The fraction of sp³-hybridized carbons (Fsp3) is 0.400. The second-order valence-electron chi connectivity index (χ2n) is 3.11. The second-order valence-corrected chi connectivity index (χ2v) is 3.11. The lowest BCUT2D eigenvalue weighted by molar-refractivity contribution is 0.181. The zero-order chi connectivity index (χ0) is 9.84. The first-order valence-corrected chi connectivity index (χ1v) is 4.19. The predicted octanol–water partition coefficient (Wildman–Crippen LogP) is 1.35. The molecule has 3 heteroatoms. The molecule has 0 amide bonds. The van der Waals surface area contributed by atoms with Crippen molar-refractivity contribution in [3.8, 4) is 5.75 Å². The summed E-state index contributed by atoms with van der Waals surface area (Å²) in [4.78, 5) is 0. The molecule has 0 aliphatic heterocycles. The summed E-state index contributed by atoms with van der Waals surface area (Å²) in [5.74, 6) is 0.282. The van der Waals surface area contributed by atoms with Crippen molar-refractivity contribution >= 4 is 0 Å². The lowest BCUT2D eigenvalue weighted by Gasteiger charge is -2.11. The van der Waals surface area contributed by atoms with Crippen LogP contribution in [0.3, 0.4) is 0 Å². The molecule has 0 aliphatic carbocycles. The zero-order valence-corrected chi connectivity index (χ0v) is 7.95. The molecule has 0 aromatic heterocycles. The summed E-state index contributed by atoms with van der Waals surface area (Å²) < 4.78 is 4.92. The quantitative estimate of drug-likeness (QED) is 0.740. The second kappa shape index (κ2) is 4.25. The van der Waals surface area contributed by atoms with Crippen LogP contribution in [0, 0.1) is 6.92 Å². The van der Waals surface area contributed by atoms with Crippen molar-refractivity contribution in [2.75, 3.05) is 13.7 Å². The topological polar surface area (TPSA) is 55.5 Å². The molecule has 0 fully saturated rings. The Bertz CT molecular complexity index is 286. The minimum Gasteiger partial charge on any atom is -0.508 e.